The van der Waals surface area contributed by atoms with Crippen molar-refractivity contribution in [2.45, 2.75) is 44.9 Å². The van der Waals surface area contributed by atoms with E-state index < -0.39 is 17.7 Å². The van der Waals surface area contributed by atoms with E-state index in [-0.39, 0.29) is 24.9 Å². The van der Waals surface area contributed by atoms with E-state index in [1.165, 1.54) is 44.4 Å². The number of alkyl halides is 3. The first-order chi connectivity index (χ1) is 17.6. The molecule has 3 aromatic carbocycles. The second kappa shape index (κ2) is 10.7. The molecule has 0 heterocycles. The highest BCUT2D eigenvalue weighted by Gasteiger charge is 2.32. The first-order valence-electron chi connectivity index (χ1n) is 11.9. The molecule has 5 nitrogen and oxygen atoms in total. The van der Waals surface area contributed by atoms with Gasteiger partial charge in [0.1, 0.15) is 5.75 Å². The van der Waals surface area contributed by atoms with E-state index in [1.54, 1.807) is 17.0 Å². The predicted octanol–water partition coefficient (Wildman–Crippen LogP) is 5.61. The molecule has 0 fully saturated rings. The predicted molar refractivity (Wildman–Crippen MR) is 133 cm³/mol. The molecule has 0 saturated carbocycles. The van der Waals surface area contributed by atoms with Gasteiger partial charge in [-0.25, -0.2) is 0 Å². The van der Waals surface area contributed by atoms with Crippen molar-refractivity contribution in [2.24, 2.45) is 0 Å². The van der Waals surface area contributed by atoms with E-state index in [9.17, 15) is 22.8 Å². The first kappa shape index (κ1) is 26.3. The third kappa shape index (κ3) is 5.63. The van der Waals surface area contributed by atoms with Crippen LogP contribution in [0.25, 0.3) is 11.1 Å². The highest BCUT2D eigenvalue weighted by Crippen LogP contribution is 2.39. The van der Waals surface area contributed by atoms with Crippen LogP contribution in [0.4, 0.5) is 13.2 Å². The molecule has 0 N–H and O–H groups in total. The summed E-state index contributed by atoms with van der Waals surface area (Å²) in [5.41, 5.74) is 3.88. The zero-order valence-corrected chi connectivity index (χ0v) is 20.9. The molecule has 1 aliphatic carbocycles. The molecule has 0 radical (unpaired) electrons. The number of ether oxygens (including phenoxy) is 2. The number of hydrogen-bond acceptors (Lipinski definition) is 4. The molecular formula is C29H28F3NO4. The van der Waals surface area contributed by atoms with Crippen LogP contribution in [0, 0.1) is 0 Å². The molecule has 37 heavy (non-hydrogen) atoms. The smallest absolute Gasteiger partial charge is 0.416 e. The maximum atomic E-state index is 13.2. The van der Waals surface area contributed by atoms with Gasteiger partial charge in [0.25, 0.3) is 0 Å². The molecule has 8 heteroatoms. The maximum absolute atomic E-state index is 13.2. The van der Waals surface area contributed by atoms with Crippen molar-refractivity contribution in [1.82, 2.24) is 4.90 Å². The van der Waals surface area contributed by atoms with Crippen molar-refractivity contribution in [3.05, 3.63) is 88.5 Å². The topological polar surface area (TPSA) is 55.8 Å². The highest BCUT2D eigenvalue weighted by atomic mass is 19.4. The average Bonchev–Trinajstić information content (AvgIpc) is 3.30. The fourth-order valence-electron chi connectivity index (χ4n) is 4.98. The molecule has 1 aliphatic rings. The zero-order valence-electron chi connectivity index (χ0n) is 20.9. The van der Waals surface area contributed by atoms with Crippen LogP contribution in [0.15, 0.2) is 60.7 Å². The maximum Gasteiger partial charge on any atom is 0.416 e. The molecule has 0 aromatic heterocycles. The van der Waals surface area contributed by atoms with E-state index in [1.807, 2.05) is 12.1 Å². The van der Waals surface area contributed by atoms with E-state index in [2.05, 4.69) is 12.1 Å². The van der Waals surface area contributed by atoms with Crippen molar-refractivity contribution in [3.63, 3.8) is 0 Å². The number of methoxy groups -OCH3 is 2. The Bertz CT molecular complexity index is 1280. The number of fused-ring (bicyclic) bond motifs is 1. The molecule has 4 rings (SSSR count). The second-order valence-corrected chi connectivity index (χ2v) is 9.09. The molecule has 0 saturated heterocycles. The Morgan fingerprint density at radius 2 is 1.57 bits per heavy atom. The minimum Gasteiger partial charge on any atom is -0.496 e. The highest BCUT2D eigenvalue weighted by molar-refractivity contribution is 5.80. The molecule has 0 bridgehead atoms. The third-order valence-electron chi connectivity index (χ3n) is 6.86. The van der Waals surface area contributed by atoms with Crippen LogP contribution in [0.2, 0.25) is 0 Å². The lowest BCUT2D eigenvalue weighted by atomic mass is 9.91. The van der Waals surface area contributed by atoms with E-state index >= 15 is 0 Å². The number of carbonyl (C=O) groups is 2. The van der Waals surface area contributed by atoms with E-state index in [0.717, 1.165) is 12.1 Å². The summed E-state index contributed by atoms with van der Waals surface area (Å²) in [6, 6.07) is 16.2. The van der Waals surface area contributed by atoms with Gasteiger partial charge >= 0.3 is 12.1 Å². The van der Waals surface area contributed by atoms with Crippen LogP contribution < -0.4 is 4.74 Å². The Morgan fingerprint density at radius 1 is 0.946 bits per heavy atom. The third-order valence-corrected chi connectivity index (χ3v) is 6.86. The number of rotatable bonds is 7. The molecule has 194 valence electrons. The monoisotopic (exact) mass is 511 g/mol. The zero-order chi connectivity index (χ0) is 26.7. The van der Waals surface area contributed by atoms with Crippen molar-refractivity contribution in [2.75, 3.05) is 14.2 Å². The van der Waals surface area contributed by atoms with Crippen LogP contribution >= 0.6 is 0 Å². The lowest BCUT2D eigenvalue weighted by Crippen LogP contribution is -2.39. The van der Waals surface area contributed by atoms with Crippen molar-refractivity contribution < 1.29 is 32.2 Å². The van der Waals surface area contributed by atoms with Crippen LogP contribution in [0.5, 0.6) is 5.75 Å². The van der Waals surface area contributed by atoms with Gasteiger partial charge < -0.3 is 14.4 Å². The Hall–Kier alpha value is -3.81. The molecule has 0 aliphatic heterocycles. The largest absolute Gasteiger partial charge is 0.496 e. The SMILES string of the molecule is COC(=O)Cc1ccc(OC)c(-c2ccc(C(F)(F)F)cc2)c1CN(C(C)=O)C1Cc2ccccc2C1. The normalized spacial score (nSPS) is 13.2. The van der Waals surface area contributed by atoms with Gasteiger partial charge in [0, 0.05) is 25.1 Å². The molecule has 0 spiro atoms. The van der Waals surface area contributed by atoms with Gasteiger partial charge in [0.2, 0.25) is 5.91 Å². The first-order valence-corrected chi connectivity index (χ1v) is 11.9. The average molecular weight is 512 g/mol. The summed E-state index contributed by atoms with van der Waals surface area (Å²) in [5.74, 6) is -0.169. The van der Waals surface area contributed by atoms with Crippen molar-refractivity contribution >= 4 is 11.9 Å². The minimum absolute atomic E-state index is 0.0555. The van der Waals surface area contributed by atoms with E-state index in [4.69, 9.17) is 9.47 Å². The Labute approximate surface area is 213 Å². The number of hydrogen-bond donors (Lipinski definition) is 0. The molecular weight excluding hydrogens is 483 g/mol. The molecule has 0 unspecified atom stereocenters. The summed E-state index contributed by atoms with van der Waals surface area (Å²) < 4.78 is 50.1. The van der Waals surface area contributed by atoms with Gasteiger partial charge in [0.05, 0.1) is 26.2 Å². The lowest BCUT2D eigenvalue weighted by molar-refractivity contribution is -0.140. The summed E-state index contributed by atoms with van der Waals surface area (Å²) in [5, 5.41) is 0. The van der Waals surface area contributed by atoms with Crippen LogP contribution in [0.3, 0.4) is 0 Å². The number of carbonyl (C=O) groups excluding carboxylic acids is 2. The number of amides is 1. The fraction of sp³-hybridized carbons (Fsp3) is 0.310. The quantitative estimate of drug-likeness (QED) is 0.387. The fourth-order valence-corrected chi connectivity index (χ4v) is 4.98. The second-order valence-electron chi connectivity index (χ2n) is 9.09. The Balaban J connectivity index is 1.81. The minimum atomic E-state index is -4.47. The summed E-state index contributed by atoms with van der Waals surface area (Å²) in [6.45, 7) is 1.66. The van der Waals surface area contributed by atoms with Gasteiger partial charge in [-0.2, -0.15) is 13.2 Å². The number of halogens is 3. The van der Waals surface area contributed by atoms with Crippen molar-refractivity contribution in [1.29, 1.82) is 0 Å². The van der Waals surface area contributed by atoms with Crippen LogP contribution in [-0.4, -0.2) is 37.0 Å². The van der Waals surface area contributed by atoms with Gasteiger partial charge in [-0.05, 0) is 58.9 Å². The van der Waals surface area contributed by atoms with E-state index in [0.29, 0.717) is 40.8 Å². The van der Waals surface area contributed by atoms with Crippen LogP contribution in [0.1, 0.15) is 34.7 Å². The standard InChI is InChI=1S/C29H28F3NO4/c1-18(34)33(24-14-20-6-4-5-7-21(20)15-24)17-25-22(16-27(35)37-3)10-13-26(36-2)28(25)19-8-11-23(12-9-19)29(30,31)32/h4-13,24H,14-17H2,1-3H3. The molecule has 3 aromatic rings. The Morgan fingerprint density at radius 3 is 2.08 bits per heavy atom. The summed E-state index contributed by atoms with van der Waals surface area (Å²) in [6.07, 6.45) is -3.13. The molecule has 0 atom stereocenters. The van der Waals surface area contributed by atoms with Gasteiger partial charge in [-0.3, -0.25) is 9.59 Å². The Kier molecular flexibility index (Phi) is 7.57. The summed E-state index contributed by atoms with van der Waals surface area (Å²) in [4.78, 5) is 26.9. The van der Waals surface area contributed by atoms with Gasteiger partial charge in [-0.15, -0.1) is 0 Å². The number of benzene rings is 3. The lowest BCUT2D eigenvalue weighted by Gasteiger charge is -2.30. The summed E-state index contributed by atoms with van der Waals surface area (Å²) >= 11 is 0. The number of nitrogens with zero attached hydrogens (tertiary/aromatic N) is 1. The van der Waals surface area contributed by atoms with Gasteiger partial charge in [-0.1, -0.05) is 42.5 Å². The van der Waals surface area contributed by atoms with Crippen LogP contribution in [-0.2, 0) is 46.3 Å². The summed E-state index contributed by atoms with van der Waals surface area (Å²) in [7, 11) is 2.77. The number of esters is 1. The van der Waals surface area contributed by atoms with Gasteiger partial charge in [0.15, 0.2) is 0 Å². The molecule has 1 amide bonds. The van der Waals surface area contributed by atoms with Crippen molar-refractivity contribution in [3.8, 4) is 16.9 Å².